The Morgan fingerprint density at radius 2 is 1.40 bits per heavy atom. The lowest BCUT2D eigenvalue weighted by atomic mass is 9.86. The second-order valence-electron chi connectivity index (χ2n) is 11.1. The van der Waals surface area contributed by atoms with Crippen LogP contribution in [0.1, 0.15) is 75.8 Å². The number of hydrogen-bond acceptors (Lipinski definition) is 5. The van der Waals surface area contributed by atoms with Gasteiger partial charge in [0.05, 0.1) is 11.2 Å². The van der Waals surface area contributed by atoms with Crippen LogP contribution in [0.15, 0.2) is 79.0 Å². The first-order valence-corrected chi connectivity index (χ1v) is 12.2. The van der Waals surface area contributed by atoms with Gasteiger partial charge in [-0.15, -0.1) is 5.10 Å². The van der Waals surface area contributed by atoms with Crippen LogP contribution >= 0.6 is 0 Å². The first-order valence-electron chi connectivity index (χ1n) is 12.2. The lowest BCUT2D eigenvalue weighted by Gasteiger charge is -2.33. The predicted molar refractivity (Wildman–Crippen MR) is 140 cm³/mol. The summed E-state index contributed by atoms with van der Waals surface area (Å²) in [7, 11) is 0. The third-order valence-electron chi connectivity index (χ3n) is 6.14. The molecule has 6 nitrogen and oxygen atoms in total. The van der Waals surface area contributed by atoms with Crippen LogP contribution in [0.3, 0.4) is 0 Å². The molecule has 2 aromatic heterocycles. The SMILES string of the molecule is CC(C)(C)c1ccc(CN(Cc2ccccc2)[C@@H](c2ccccn2)c2nnnn2C(C)(C)C)cc1. The minimum absolute atomic E-state index is 0.119. The fraction of sp³-hybridized carbons (Fsp3) is 0.379. The van der Waals surface area contributed by atoms with Gasteiger partial charge in [-0.2, -0.15) is 0 Å². The standard InChI is InChI=1S/C29H36N6/c1-28(2,3)24-17-15-23(16-18-24)21-34(20-22-12-8-7-9-13-22)26(25-14-10-11-19-30-25)27-31-32-33-35(27)29(4,5)6/h7-19,26H,20-21H2,1-6H3/t26-/m0/s1. The summed E-state index contributed by atoms with van der Waals surface area (Å²) in [5.41, 5.74) is 4.58. The average molecular weight is 469 g/mol. The van der Waals surface area contributed by atoms with Crippen LogP contribution in [-0.2, 0) is 24.0 Å². The van der Waals surface area contributed by atoms with Gasteiger partial charge in [0.1, 0.15) is 6.04 Å². The molecular formula is C29H36N6. The highest BCUT2D eigenvalue weighted by Gasteiger charge is 2.32. The number of nitrogens with zero attached hydrogens (tertiary/aromatic N) is 6. The van der Waals surface area contributed by atoms with Crippen molar-refractivity contribution in [3.63, 3.8) is 0 Å². The van der Waals surface area contributed by atoms with E-state index in [1.807, 2.05) is 23.0 Å². The van der Waals surface area contributed by atoms with E-state index in [-0.39, 0.29) is 17.0 Å². The van der Waals surface area contributed by atoms with Crippen molar-refractivity contribution < 1.29 is 0 Å². The maximum atomic E-state index is 4.76. The lowest BCUT2D eigenvalue weighted by Crippen LogP contribution is -2.35. The van der Waals surface area contributed by atoms with E-state index in [1.165, 1.54) is 16.7 Å². The fourth-order valence-electron chi connectivity index (χ4n) is 4.26. The van der Waals surface area contributed by atoms with E-state index in [0.717, 1.165) is 24.6 Å². The molecule has 0 radical (unpaired) electrons. The number of pyridine rings is 1. The Morgan fingerprint density at radius 3 is 1.97 bits per heavy atom. The molecule has 182 valence electrons. The van der Waals surface area contributed by atoms with Crippen LogP contribution in [0.2, 0.25) is 0 Å². The molecule has 0 fully saturated rings. The second kappa shape index (κ2) is 10.1. The van der Waals surface area contributed by atoms with Gasteiger partial charge < -0.3 is 0 Å². The van der Waals surface area contributed by atoms with Crippen molar-refractivity contribution >= 4 is 0 Å². The summed E-state index contributed by atoms with van der Waals surface area (Å²) in [5, 5.41) is 13.0. The summed E-state index contributed by atoms with van der Waals surface area (Å²) < 4.78 is 1.92. The summed E-state index contributed by atoms with van der Waals surface area (Å²) >= 11 is 0. The Labute approximate surface area is 209 Å². The number of benzene rings is 2. The van der Waals surface area contributed by atoms with E-state index in [9.17, 15) is 0 Å². The van der Waals surface area contributed by atoms with Crippen molar-refractivity contribution in [2.45, 2.75) is 71.6 Å². The van der Waals surface area contributed by atoms with Crippen molar-refractivity contribution in [2.24, 2.45) is 0 Å². The summed E-state index contributed by atoms with van der Waals surface area (Å²) in [6.45, 7) is 14.6. The third-order valence-corrected chi connectivity index (χ3v) is 6.14. The van der Waals surface area contributed by atoms with Gasteiger partial charge in [0.15, 0.2) is 5.82 Å². The predicted octanol–water partition coefficient (Wildman–Crippen LogP) is 5.91. The maximum Gasteiger partial charge on any atom is 0.175 e. The Hall–Kier alpha value is -3.38. The van der Waals surface area contributed by atoms with E-state index in [1.54, 1.807) is 0 Å². The first-order chi connectivity index (χ1) is 16.6. The number of hydrogen-bond donors (Lipinski definition) is 0. The smallest absolute Gasteiger partial charge is 0.175 e. The van der Waals surface area contributed by atoms with Gasteiger partial charge in [0.2, 0.25) is 0 Å². The molecule has 0 saturated carbocycles. The Bertz CT molecular complexity index is 1200. The number of tetrazole rings is 1. The second-order valence-corrected chi connectivity index (χ2v) is 11.1. The van der Waals surface area contributed by atoms with Crippen LogP contribution in [0.4, 0.5) is 0 Å². The summed E-state index contributed by atoms with van der Waals surface area (Å²) in [4.78, 5) is 7.17. The molecule has 4 aromatic rings. The molecule has 0 amide bonds. The van der Waals surface area contributed by atoms with Gasteiger partial charge >= 0.3 is 0 Å². The van der Waals surface area contributed by atoms with Crippen LogP contribution in [0, 0.1) is 0 Å². The van der Waals surface area contributed by atoms with Gasteiger partial charge in [-0.25, -0.2) is 4.68 Å². The highest BCUT2D eigenvalue weighted by molar-refractivity contribution is 5.28. The number of rotatable bonds is 7. The third kappa shape index (κ3) is 6.01. The average Bonchev–Trinajstić information content (AvgIpc) is 3.30. The van der Waals surface area contributed by atoms with E-state index in [4.69, 9.17) is 4.98 Å². The molecule has 0 bridgehead atoms. The van der Waals surface area contributed by atoms with Gasteiger partial charge in [-0.05, 0) is 65.4 Å². The first kappa shape index (κ1) is 24.7. The normalized spacial score (nSPS) is 13.2. The summed E-state index contributed by atoms with van der Waals surface area (Å²) in [5.74, 6) is 0.790. The largest absolute Gasteiger partial charge is 0.280 e. The van der Waals surface area contributed by atoms with E-state index < -0.39 is 0 Å². The quantitative estimate of drug-likeness (QED) is 0.337. The van der Waals surface area contributed by atoms with E-state index in [0.29, 0.717) is 0 Å². The minimum Gasteiger partial charge on any atom is -0.280 e. The molecule has 6 heteroatoms. The summed E-state index contributed by atoms with van der Waals surface area (Å²) in [6, 6.07) is 25.3. The molecule has 1 atom stereocenters. The van der Waals surface area contributed by atoms with E-state index in [2.05, 4.69) is 123 Å². The van der Waals surface area contributed by atoms with Crippen LogP contribution in [-0.4, -0.2) is 30.1 Å². The molecule has 0 N–H and O–H groups in total. The Balaban J connectivity index is 1.80. The lowest BCUT2D eigenvalue weighted by molar-refractivity contribution is 0.182. The monoisotopic (exact) mass is 468 g/mol. The Morgan fingerprint density at radius 1 is 0.771 bits per heavy atom. The molecule has 0 aliphatic heterocycles. The molecule has 0 saturated heterocycles. The van der Waals surface area contributed by atoms with Crippen molar-refractivity contribution in [1.29, 1.82) is 0 Å². The molecule has 4 rings (SSSR count). The maximum absolute atomic E-state index is 4.76. The van der Waals surface area contributed by atoms with Gasteiger partial charge in [0.25, 0.3) is 0 Å². The molecule has 0 aliphatic rings. The zero-order valence-electron chi connectivity index (χ0n) is 21.7. The van der Waals surface area contributed by atoms with Crippen molar-refractivity contribution in [3.8, 4) is 0 Å². The topological polar surface area (TPSA) is 59.7 Å². The minimum atomic E-state index is -0.265. The van der Waals surface area contributed by atoms with E-state index >= 15 is 0 Å². The van der Waals surface area contributed by atoms with Crippen LogP contribution in [0.5, 0.6) is 0 Å². The highest BCUT2D eigenvalue weighted by atomic mass is 15.6. The summed E-state index contributed by atoms with van der Waals surface area (Å²) in [6.07, 6.45) is 1.84. The molecular weight excluding hydrogens is 432 g/mol. The fourth-order valence-corrected chi connectivity index (χ4v) is 4.26. The Kier molecular flexibility index (Phi) is 7.13. The molecule has 35 heavy (non-hydrogen) atoms. The van der Waals surface area contributed by atoms with Crippen molar-refractivity contribution in [1.82, 2.24) is 30.1 Å². The molecule has 2 heterocycles. The zero-order chi connectivity index (χ0) is 25.1. The van der Waals surface area contributed by atoms with Gasteiger partial charge in [0, 0.05) is 19.3 Å². The van der Waals surface area contributed by atoms with Crippen molar-refractivity contribution in [3.05, 3.63) is 107 Å². The molecule has 0 unspecified atom stereocenters. The molecule has 0 spiro atoms. The zero-order valence-corrected chi connectivity index (χ0v) is 21.7. The molecule has 0 aliphatic carbocycles. The van der Waals surface area contributed by atoms with Crippen LogP contribution < -0.4 is 0 Å². The van der Waals surface area contributed by atoms with Gasteiger partial charge in [-0.3, -0.25) is 9.88 Å². The van der Waals surface area contributed by atoms with Crippen molar-refractivity contribution in [2.75, 3.05) is 0 Å². The number of aromatic nitrogens is 5. The van der Waals surface area contributed by atoms with Gasteiger partial charge in [-0.1, -0.05) is 81.4 Å². The highest BCUT2D eigenvalue weighted by Crippen LogP contribution is 2.32. The molecule has 2 aromatic carbocycles. The van der Waals surface area contributed by atoms with Crippen LogP contribution in [0.25, 0.3) is 0 Å².